The van der Waals surface area contributed by atoms with Gasteiger partial charge in [-0.1, -0.05) is 30.0 Å². The molecular formula is C21H21N5O3S2. The van der Waals surface area contributed by atoms with Crippen LogP contribution >= 0.6 is 23.1 Å². The number of hydrogen-bond donors (Lipinski definition) is 1. The number of ether oxygens (including phenoxy) is 1. The van der Waals surface area contributed by atoms with Crippen molar-refractivity contribution in [2.24, 2.45) is 0 Å². The lowest BCUT2D eigenvalue weighted by Gasteiger charge is -2.29. The van der Waals surface area contributed by atoms with Crippen LogP contribution in [-0.4, -0.2) is 51.6 Å². The van der Waals surface area contributed by atoms with Gasteiger partial charge in [0.25, 0.3) is 0 Å². The number of para-hydroxylation sites is 2. The van der Waals surface area contributed by atoms with E-state index in [1.54, 1.807) is 17.4 Å². The first-order valence-corrected chi connectivity index (χ1v) is 12.0. The zero-order valence-electron chi connectivity index (χ0n) is 16.7. The molecule has 4 heterocycles. The minimum atomic E-state index is -0.196. The van der Waals surface area contributed by atoms with Crippen LogP contribution in [-0.2, 0) is 20.9 Å². The van der Waals surface area contributed by atoms with Gasteiger partial charge in [0.2, 0.25) is 11.8 Å². The zero-order chi connectivity index (χ0) is 21.2. The predicted molar refractivity (Wildman–Crippen MR) is 120 cm³/mol. The average molecular weight is 456 g/mol. The third kappa shape index (κ3) is 4.23. The highest BCUT2D eigenvalue weighted by molar-refractivity contribution is 7.99. The van der Waals surface area contributed by atoms with Crippen LogP contribution in [0.15, 0.2) is 46.9 Å². The van der Waals surface area contributed by atoms with Crippen LogP contribution in [0.5, 0.6) is 0 Å². The summed E-state index contributed by atoms with van der Waals surface area (Å²) in [5, 5.41) is 14.3. The Hall–Kier alpha value is -2.69. The van der Waals surface area contributed by atoms with Crippen LogP contribution in [0.25, 0.3) is 10.7 Å². The molecule has 10 heteroatoms. The number of thioether (sulfide) groups is 1. The second-order valence-electron chi connectivity index (χ2n) is 7.36. The number of rotatable bonds is 6. The molecule has 5 rings (SSSR count). The molecule has 160 valence electrons. The fourth-order valence-electron chi connectivity index (χ4n) is 3.80. The summed E-state index contributed by atoms with van der Waals surface area (Å²) in [5.74, 6) is 0.619. The topological polar surface area (TPSA) is 89.4 Å². The van der Waals surface area contributed by atoms with Crippen LogP contribution in [0.2, 0.25) is 0 Å². The summed E-state index contributed by atoms with van der Waals surface area (Å²) in [4.78, 5) is 27.6. The molecule has 1 atom stereocenters. The number of fused-ring (bicyclic) bond motifs is 1. The van der Waals surface area contributed by atoms with E-state index >= 15 is 0 Å². The number of aromatic nitrogens is 3. The van der Waals surface area contributed by atoms with E-state index in [0.29, 0.717) is 23.1 Å². The Morgan fingerprint density at radius 2 is 2.16 bits per heavy atom. The predicted octanol–water partition coefficient (Wildman–Crippen LogP) is 3.26. The number of anilines is 2. The van der Waals surface area contributed by atoms with Crippen molar-refractivity contribution < 1.29 is 14.3 Å². The Bertz CT molecular complexity index is 1090. The summed E-state index contributed by atoms with van der Waals surface area (Å²) < 4.78 is 7.88. The number of amides is 2. The van der Waals surface area contributed by atoms with Gasteiger partial charge in [-0.25, -0.2) is 0 Å². The number of benzene rings is 1. The van der Waals surface area contributed by atoms with E-state index in [-0.39, 0.29) is 30.2 Å². The van der Waals surface area contributed by atoms with Crippen molar-refractivity contribution in [3.8, 4) is 10.7 Å². The van der Waals surface area contributed by atoms with Gasteiger partial charge in [0.05, 0.1) is 34.7 Å². The van der Waals surface area contributed by atoms with Gasteiger partial charge in [-0.2, -0.15) is 0 Å². The van der Waals surface area contributed by atoms with Crippen molar-refractivity contribution >= 4 is 46.3 Å². The number of nitrogens with one attached hydrogen (secondary N) is 1. The maximum absolute atomic E-state index is 13.0. The van der Waals surface area contributed by atoms with Crippen molar-refractivity contribution in [1.82, 2.24) is 14.8 Å². The van der Waals surface area contributed by atoms with Gasteiger partial charge in [-0.05, 0) is 36.4 Å². The fraction of sp³-hybridized carbons (Fsp3) is 0.333. The Morgan fingerprint density at radius 1 is 1.26 bits per heavy atom. The van der Waals surface area contributed by atoms with Crippen LogP contribution < -0.4 is 10.2 Å². The van der Waals surface area contributed by atoms with Crippen LogP contribution in [0.4, 0.5) is 11.4 Å². The molecule has 1 aromatic carbocycles. The van der Waals surface area contributed by atoms with Crippen LogP contribution in [0.3, 0.4) is 0 Å². The number of hydrogen-bond acceptors (Lipinski definition) is 7. The van der Waals surface area contributed by atoms with E-state index in [2.05, 4.69) is 20.1 Å². The van der Waals surface area contributed by atoms with Crippen LogP contribution in [0, 0.1) is 0 Å². The number of carbonyl (C=O) groups excluding carboxylic acids is 2. The molecule has 1 saturated heterocycles. The van der Waals surface area contributed by atoms with Crippen molar-refractivity contribution in [2.75, 3.05) is 29.1 Å². The van der Waals surface area contributed by atoms with Gasteiger partial charge in [-0.3, -0.25) is 14.2 Å². The Morgan fingerprint density at radius 3 is 2.97 bits per heavy atom. The highest BCUT2D eigenvalue weighted by Crippen LogP contribution is 2.32. The van der Waals surface area contributed by atoms with E-state index in [1.165, 1.54) is 16.7 Å². The number of thiophene rings is 1. The molecule has 0 radical (unpaired) electrons. The molecule has 31 heavy (non-hydrogen) atoms. The fourth-order valence-corrected chi connectivity index (χ4v) is 5.34. The largest absolute Gasteiger partial charge is 0.376 e. The van der Waals surface area contributed by atoms with Gasteiger partial charge in [0, 0.05) is 6.61 Å². The summed E-state index contributed by atoms with van der Waals surface area (Å²) in [6, 6.07) is 11.3. The molecule has 0 unspecified atom stereocenters. The molecule has 2 aliphatic heterocycles. The summed E-state index contributed by atoms with van der Waals surface area (Å²) in [7, 11) is 0. The monoisotopic (exact) mass is 455 g/mol. The van der Waals surface area contributed by atoms with Crippen molar-refractivity contribution in [3.05, 3.63) is 41.8 Å². The van der Waals surface area contributed by atoms with Gasteiger partial charge in [0.15, 0.2) is 11.0 Å². The molecule has 2 aliphatic rings. The Labute approximate surface area is 187 Å². The summed E-state index contributed by atoms with van der Waals surface area (Å²) in [5.41, 5.74) is 1.37. The average Bonchev–Trinajstić information content (AvgIpc) is 3.54. The lowest BCUT2D eigenvalue weighted by molar-refractivity contribution is -0.120. The zero-order valence-corrected chi connectivity index (χ0v) is 18.3. The second-order valence-corrected chi connectivity index (χ2v) is 9.25. The molecular weight excluding hydrogens is 434 g/mol. The van der Waals surface area contributed by atoms with Gasteiger partial charge < -0.3 is 15.0 Å². The third-order valence-corrected chi connectivity index (χ3v) is 7.08. The molecule has 8 nitrogen and oxygen atoms in total. The first-order valence-electron chi connectivity index (χ1n) is 10.1. The molecule has 0 spiro atoms. The lowest BCUT2D eigenvalue weighted by atomic mass is 10.2. The Balaban J connectivity index is 1.35. The van der Waals surface area contributed by atoms with E-state index in [9.17, 15) is 9.59 Å². The maximum Gasteiger partial charge on any atom is 0.244 e. The highest BCUT2D eigenvalue weighted by atomic mass is 32.2. The number of carbonyl (C=O) groups is 2. The lowest BCUT2D eigenvalue weighted by Crippen LogP contribution is -2.43. The minimum absolute atomic E-state index is 0.0133. The summed E-state index contributed by atoms with van der Waals surface area (Å²) in [6.45, 7) is 1.45. The molecule has 2 amide bonds. The standard InChI is InChI=1S/C21H21N5O3S2/c27-18-12-25(16-7-2-1-6-15(16)22-18)19(28)13-31-21-24-23-20(17-8-4-10-30-17)26(21)11-14-5-3-9-29-14/h1-2,4,6-8,10,14H,3,5,9,11-13H2,(H,22,27)/t14-/m0/s1. The molecule has 2 aromatic heterocycles. The van der Waals surface area contributed by atoms with Crippen molar-refractivity contribution in [3.63, 3.8) is 0 Å². The minimum Gasteiger partial charge on any atom is -0.376 e. The Kier molecular flexibility index (Phi) is 5.75. The third-order valence-electron chi connectivity index (χ3n) is 5.27. The second kappa shape index (κ2) is 8.81. The smallest absolute Gasteiger partial charge is 0.244 e. The van der Waals surface area contributed by atoms with E-state index in [0.717, 1.165) is 30.2 Å². The first kappa shape index (κ1) is 20.2. The van der Waals surface area contributed by atoms with E-state index in [4.69, 9.17) is 4.74 Å². The van der Waals surface area contributed by atoms with E-state index < -0.39 is 0 Å². The summed E-state index contributed by atoms with van der Waals surface area (Å²) >= 11 is 2.95. The quantitative estimate of drug-likeness (QED) is 0.574. The number of nitrogens with zero attached hydrogens (tertiary/aromatic N) is 4. The highest BCUT2D eigenvalue weighted by Gasteiger charge is 2.28. The summed E-state index contributed by atoms with van der Waals surface area (Å²) in [6.07, 6.45) is 2.19. The SMILES string of the molecule is O=C1CN(C(=O)CSc2nnc(-c3cccs3)n2C[C@@H]2CCCO2)c2ccccc2N1. The van der Waals surface area contributed by atoms with Gasteiger partial charge in [-0.15, -0.1) is 21.5 Å². The normalized spacial score (nSPS) is 18.1. The first-order chi connectivity index (χ1) is 15.2. The van der Waals surface area contributed by atoms with Crippen LogP contribution in [0.1, 0.15) is 12.8 Å². The molecule has 0 saturated carbocycles. The molecule has 0 bridgehead atoms. The van der Waals surface area contributed by atoms with Gasteiger partial charge in [0.1, 0.15) is 6.54 Å². The molecule has 3 aromatic rings. The molecule has 0 aliphatic carbocycles. The molecule has 1 N–H and O–H groups in total. The van der Waals surface area contributed by atoms with Crippen molar-refractivity contribution in [1.29, 1.82) is 0 Å². The van der Waals surface area contributed by atoms with Crippen molar-refractivity contribution in [2.45, 2.75) is 30.6 Å². The van der Waals surface area contributed by atoms with Gasteiger partial charge >= 0.3 is 0 Å². The maximum atomic E-state index is 13.0. The van der Waals surface area contributed by atoms with E-state index in [1.807, 2.05) is 35.7 Å². The molecule has 1 fully saturated rings.